The molecule has 0 heterocycles. The molecule has 0 atom stereocenters. The van der Waals surface area contributed by atoms with Gasteiger partial charge in [-0.2, -0.15) is 0 Å². The van der Waals surface area contributed by atoms with Crippen molar-refractivity contribution < 1.29 is 14.3 Å². The zero-order chi connectivity index (χ0) is 12.0. The van der Waals surface area contributed by atoms with E-state index in [1.54, 1.807) is 31.4 Å². The fraction of sp³-hybridized carbons (Fsp3) is 0.308. The number of para-hydroxylation sites is 1. The zero-order valence-corrected chi connectivity index (χ0v) is 9.66. The maximum absolute atomic E-state index is 11.9. The van der Waals surface area contributed by atoms with Gasteiger partial charge < -0.3 is 9.47 Å². The molecule has 1 aromatic rings. The predicted molar refractivity (Wildman–Crippen MR) is 63.3 cm³/mol. The highest BCUT2D eigenvalue weighted by Gasteiger charge is 2.15. The summed E-state index contributed by atoms with van der Waals surface area (Å²) >= 11 is 0. The molecule has 1 aromatic carbocycles. The first-order chi connectivity index (χ1) is 7.74. The van der Waals surface area contributed by atoms with Crippen LogP contribution in [-0.4, -0.2) is 20.0 Å². The van der Waals surface area contributed by atoms with Gasteiger partial charge in [0.1, 0.15) is 0 Å². The van der Waals surface area contributed by atoms with Gasteiger partial charge in [-0.05, 0) is 18.6 Å². The molecule has 0 saturated heterocycles. The Labute approximate surface area is 95.7 Å². The highest BCUT2D eigenvalue weighted by Crippen LogP contribution is 2.31. The standard InChI is InChI=1S/C13H16O3/c1-4-5-8-11(14)10-7-6-9-12(15-2)13(10)16-3/h4,6-7,9H,1,5,8H2,2-3H3. The maximum Gasteiger partial charge on any atom is 0.171 e. The SMILES string of the molecule is C=CCCC(=O)c1cccc(OC)c1OC. The van der Waals surface area contributed by atoms with Crippen molar-refractivity contribution in [2.75, 3.05) is 14.2 Å². The third-order valence-electron chi connectivity index (χ3n) is 2.28. The fourth-order valence-corrected chi connectivity index (χ4v) is 1.47. The molecule has 3 nitrogen and oxygen atoms in total. The Morgan fingerprint density at radius 2 is 2.12 bits per heavy atom. The summed E-state index contributed by atoms with van der Waals surface area (Å²) in [7, 11) is 3.08. The van der Waals surface area contributed by atoms with Gasteiger partial charge in [0.05, 0.1) is 19.8 Å². The quantitative estimate of drug-likeness (QED) is 0.546. The lowest BCUT2D eigenvalue weighted by Gasteiger charge is -2.11. The lowest BCUT2D eigenvalue weighted by Crippen LogP contribution is -2.03. The van der Waals surface area contributed by atoms with E-state index in [2.05, 4.69) is 6.58 Å². The Morgan fingerprint density at radius 1 is 1.38 bits per heavy atom. The van der Waals surface area contributed by atoms with Crippen molar-refractivity contribution in [2.24, 2.45) is 0 Å². The van der Waals surface area contributed by atoms with Gasteiger partial charge in [-0.3, -0.25) is 4.79 Å². The van der Waals surface area contributed by atoms with E-state index in [0.29, 0.717) is 29.9 Å². The van der Waals surface area contributed by atoms with Crippen LogP contribution in [0.4, 0.5) is 0 Å². The van der Waals surface area contributed by atoms with Crippen LogP contribution < -0.4 is 9.47 Å². The average molecular weight is 220 g/mol. The number of benzene rings is 1. The highest BCUT2D eigenvalue weighted by molar-refractivity contribution is 5.99. The van der Waals surface area contributed by atoms with Crippen LogP contribution in [0, 0.1) is 0 Å². The largest absolute Gasteiger partial charge is 0.493 e. The van der Waals surface area contributed by atoms with Gasteiger partial charge in [0.15, 0.2) is 17.3 Å². The minimum atomic E-state index is 0.0376. The number of rotatable bonds is 6. The zero-order valence-electron chi connectivity index (χ0n) is 9.66. The molecule has 0 aliphatic carbocycles. The van der Waals surface area contributed by atoms with Gasteiger partial charge in [0.25, 0.3) is 0 Å². The van der Waals surface area contributed by atoms with E-state index in [9.17, 15) is 4.79 Å². The molecule has 0 bridgehead atoms. The summed E-state index contributed by atoms with van der Waals surface area (Å²) in [5.74, 6) is 1.11. The van der Waals surface area contributed by atoms with Gasteiger partial charge in [-0.1, -0.05) is 12.1 Å². The van der Waals surface area contributed by atoms with Gasteiger partial charge >= 0.3 is 0 Å². The Hall–Kier alpha value is -1.77. The summed E-state index contributed by atoms with van der Waals surface area (Å²) in [4.78, 5) is 11.9. The van der Waals surface area contributed by atoms with Crippen LogP contribution in [0.2, 0.25) is 0 Å². The van der Waals surface area contributed by atoms with Crippen molar-refractivity contribution in [3.05, 3.63) is 36.4 Å². The molecule has 0 unspecified atom stereocenters. The lowest BCUT2D eigenvalue weighted by atomic mass is 10.1. The van der Waals surface area contributed by atoms with Crippen LogP contribution in [0.25, 0.3) is 0 Å². The van der Waals surface area contributed by atoms with Crippen molar-refractivity contribution in [1.29, 1.82) is 0 Å². The number of ether oxygens (including phenoxy) is 2. The summed E-state index contributed by atoms with van der Waals surface area (Å²) in [6, 6.07) is 5.29. The molecule has 0 spiro atoms. The van der Waals surface area contributed by atoms with E-state index in [4.69, 9.17) is 9.47 Å². The molecule has 0 N–H and O–H groups in total. The monoisotopic (exact) mass is 220 g/mol. The first-order valence-electron chi connectivity index (χ1n) is 5.09. The number of methoxy groups -OCH3 is 2. The molecular formula is C13H16O3. The van der Waals surface area contributed by atoms with Gasteiger partial charge in [-0.15, -0.1) is 6.58 Å². The molecule has 86 valence electrons. The second-order valence-electron chi connectivity index (χ2n) is 3.29. The van der Waals surface area contributed by atoms with Gasteiger partial charge in [-0.25, -0.2) is 0 Å². The molecule has 0 fully saturated rings. The number of hydrogen-bond donors (Lipinski definition) is 0. The number of carbonyl (C=O) groups excluding carboxylic acids is 1. The Morgan fingerprint density at radius 3 is 2.69 bits per heavy atom. The van der Waals surface area contributed by atoms with Crippen LogP contribution in [0.3, 0.4) is 0 Å². The third-order valence-corrected chi connectivity index (χ3v) is 2.28. The molecule has 0 aromatic heterocycles. The maximum atomic E-state index is 11.9. The Kier molecular flexibility index (Phi) is 4.58. The minimum absolute atomic E-state index is 0.0376. The van der Waals surface area contributed by atoms with E-state index >= 15 is 0 Å². The highest BCUT2D eigenvalue weighted by atomic mass is 16.5. The third kappa shape index (κ3) is 2.63. The summed E-state index contributed by atoms with van der Waals surface area (Å²) < 4.78 is 10.3. The number of ketones is 1. The number of hydrogen-bond acceptors (Lipinski definition) is 3. The molecular weight excluding hydrogens is 204 g/mol. The number of Topliss-reactive ketones (excluding diaryl/α,β-unsaturated/α-hetero) is 1. The topological polar surface area (TPSA) is 35.5 Å². The molecule has 0 aliphatic rings. The summed E-state index contributed by atoms with van der Waals surface area (Å²) in [5.41, 5.74) is 0.559. The molecule has 1 rings (SSSR count). The van der Waals surface area contributed by atoms with Crippen LogP contribution in [-0.2, 0) is 0 Å². The normalized spacial score (nSPS) is 9.62. The van der Waals surface area contributed by atoms with Crippen molar-refractivity contribution in [3.8, 4) is 11.5 Å². The Balaban J connectivity index is 3.02. The molecule has 0 radical (unpaired) electrons. The number of carbonyl (C=O) groups is 1. The van der Waals surface area contributed by atoms with E-state index in [-0.39, 0.29) is 5.78 Å². The van der Waals surface area contributed by atoms with E-state index in [1.165, 1.54) is 7.11 Å². The Bertz CT molecular complexity index is 383. The van der Waals surface area contributed by atoms with Crippen molar-refractivity contribution >= 4 is 5.78 Å². The first-order valence-corrected chi connectivity index (χ1v) is 5.09. The first kappa shape index (κ1) is 12.3. The van der Waals surface area contributed by atoms with E-state index < -0.39 is 0 Å². The molecule has 16 heavy (non-hydrogen) atoms. The minimum Gasteiger partial charge on any atom is -0.493 e. The summed E-state index contributed by atoms with van der Waals surface area (Å²) in [6.07, 6.45) is 2.83. The molecule has 0 aliphatic heterocycles. The van der Waals surface area contributed by atoms with Crippen molar-refractivity contribution in [2.45, 2.75) is 12.8 Å². The predicted octanol–water partition coefficient (Wildman–Crippen LogP) is 2.85. The van der Waals surface area contributed by atoms with Crippen molar-refractivity contribution in [3.63, 3.8) is 0 Å². The second kappa shape index (κ2) is 5.95. The smallest absolute Gasteiger partial charge is 0.171 e. The van der Waals surface area contributed by atoms with Crippen molar-refractivity contribution in [1.82, 2.24) is 0 Å². The molecule has 3 heteroatoms. The fourth-order valence-electron chi connectivity index (χ4n) is 1.47. The van der Waals surface area contributed by atoms with Crippen LogP contribution in [0.15, 0.2) is 30.9 Å². The average Bonchev–Trinajstić information content (AvgIpc) is 2.34. The number of allylic oxidation sites excluding steroid dienone is 1. The summed E-state index contributed by atoms with van der Waals surface area (Å²) in [6.45, 7) is 3.59. The van der Waals surface area contributed by atoms with Crippen LogP contribution in [0.1, 0.15) is 23.2 Å². The lowest BCUT2D eigenvalue weighted by molar-refractivity contribution is 0.0980. The molecule has 0 amide bonds. The van der Waals surface area contributed by atoms with Crippen LogP contribution >= 0.6 is 0 Å². The van der Waals surface area contributed by atoms with E-state index in [1.807, 2.05) is 0 Å². The summed E-state index contributed by atoms with van der Waals surface area (Å²) in [5, 5.41) is 0. The molecule has 0 saturated carbocycles. The second-order valence-corrected chi connectivity index (χ2v) is 3.29. The van der Waals surface area contributed by atoms with E-state index in [0.717, 1.165) is 0 Å². The van der Waals surface area contributed by atoms with Gasteiger partial charge in [0.2, 0.25) is 0 Å². The van der Waals surface area contributed by atoms with Crippen LogP contribution in [0.5, 0.6) is 11.5 Å². The van der Waals surface area contributed by atoms with Gasteiger partial charge in [0, 0.05) is 6.42 Å².